The lowest BCUT2D eigenvalue weighted by Gasteiger charge is -2.41. The fraction of sp³-hybridized carbons (Fsp3) is 0.933. The van der Waals surface area contributed by atoms with Crippen LogP contribution in [-0.2, 0) is 4.74 Å². The smallest absolute Gasteiger partial charge is 0.407 e. The number of nitrogens with zero attached hydrogens (tertiary/aromatic N) is 1. The number of hydrogen-bond donors (Lipinski definition) is 2. The summed E-state index contributed by atoms with van der Waals surface area (Å²) < 4.78 is 4.71. The average Bonchev–Trinajstić information content (AvgIpc) is 2.40. The number of ether oxygens (including phenoxy) is 1. The molecule has 0 aromatic heterocycles. The summed E-state index contributed by atoms with van der Waals surface area (Å²) in [4.78, 5) is 13.9. The van der Waals surface area contributed by atoms with Gasteiger partial charge in [0.25, 0.3) is 0 Å². The number of aliphatic hydroxyl groups is 1. The van der Waals surface area contributed by atoms with E-state index in [1.807, 2.05) is 0 Å². The van der Waals surface area contributed by atoms with E-state index in [9.17, 15) is 4.79 Å². The molecule has 1 heterocycles. The molecule has 116 valence electrons. The van der Waals surface area contributed by atoms with Gasteiger partial charge >= 0.3 is 6.09 Å². The lowest BCUT2D eigenvalue weighted by Crippen LogP contribution is -2.52. The number of methoxy groups -OCH3 is 1. The highest BCUT2D eigenvalue weighted by atomic mass is 16.5. The van der Waals surface area contributed by atoms with Gasteiger partial charge in [-0.1, -0.05) is 6.42 Å². The molecule has 2 rings (SSSR count). The molecule has 2 aliphatic rings. The average molecular weight is 284 g/mol. The highest BCUT2D eigenvalue weighted by molar-refractivity contribution is 5.67. The Morgan fingerprint density at radius 3 is 2.75 bits per heavy atom. The van der Waals surface area contributed by atoms with Crippen LogP contribution >= 0.6 is 0 Å². The highest BCUT2D eigenvalue weighted by Crippen LogP contribution is 2.29. The van der Waals surface area contributed by atoms with Crippen LogP contribution < -0.4 is 5.32 Å². The zero-order valence-electron chi connectivity index (χ0n) is 12.5. The van der Waals surface area contributed by atoms with Crippen LogP contribution in [0.1, 0.15) is 38.5 Å². The molecule has 0 aromatic carbocycles. The fourth-order valence-electron chi connectivity index (χ4n) is 3.41. The maximum absolute atomic E-state index is 11.4. The molecule has 2 unspecified atom stereocenters. The molecule has 2 atom stereocenters. The van der Waals surface area contributed by atoms with Crippen LogP contribution in [-0.4, -0.2) is 55.5 Å². The first kappa shape index (κ1) is 15.6. The molecule has 1 saturated heterocycles. The van der Waals surface area contributed by atoms with Crippen molar-refractivity contribution in [1.29, 1.82) is 0 Å². The number of alkyl carbamates (subject to hydrolysis) is 1. The predicted octanol–water partition coefficient (Wildman–Crippen LogP) is 1.61. The molecule has 0 radical (unpaired) electrons. The number of hydrogen-bond acceptors (Lipinski definition) is 4. The number of carbonyl (C=O) groups excluding carboxylic acids is 1. The van der Waals surface area contributed by atoms with Gasteiger partial charge in [0.15, 0.2) is 0 Å². The first-order chi connectivity index (χ1) is 9.71. The molecule has 2 fully saturated rings. The maximum Gasteiger partial charge on any atom is 0.407 e. The Morgan fingerprint density at radius 2 is 2.15 bits per heavy atom. The van der Waals surface area contributed by atoms with Crippen LogP contribution in [0.4, 0.5) is 4.79 Å². The molecule has 5 heteroatoms. The van der Waals surface area contributed by atoms with Crippen LogP contribution in [0.2, 0.25) is 0 Å². The third kappa shape index (κ3) is 4.63. The van der Waals surface area contributed by atoms with Crippen molar-refractivity contribution in [2.75, 3.05) is 33.4 Å². The van der Waals surface area contributed by atoms with Crippen molar-refractivity contribution in [1.82, 2.24) is 10.2 Å². The summed E-state index contributed by atoms with van der Waals surface area (Å²) in [6, 6.07) is 0.181. The molecular weight excluding hydrogens is 256 g/mol. The van der Waals surface area contributed by atoms with Crippen LogP contribution in [0.3, 0.4) is 0 Å². The number of amides is 1. The molecule has 0 spiro atoms. The van der Waals surface area contributed by atoms with Gasteiger partial charge in [0.2, 0.25) is 0 Å². The second-order valence-corrected chi connectivity index (χ2v) is 6.32. The van der Waals surface area contributed by atoms with E-state index >= 15 is 0 Å². The third-order valence-corrected chi connectivity index (χ3v) is 4.63. The zero-order chi connectivity index (χ0) is 14.4. The summed E-state index contributed by atoms with van der Waals surface area (Å²) in [5, 5.41) is 12.0. The number of carbonyl (C=O) groups is 1. The van der Waals surface area contributed by atoms with Crippen molar-refractivity contribution in [3.63, 3.8) is 0 Å². The van der Waals surface area contributed by atoms with Gasteiger partial charge in [0.05, 0.1) is 7.11 Å². The van der Waals surface area contributed by atoms with Crippen molar-refractivity contribution in [3.8, 4) is 0 Å². The minimum absolute atomic E-state index is 0.181. The predicted molar refractivity (Wildman–Crippen MR) is 77.5 cm³/mol. The molecule has 2 N–H and O–H groups in total. The summed E-state index contributed by atoms with van der Waals surface area (Å²) in [7, 11) is 1.41. The molecule has 0 aromatic rings. The summed E-state index contributed by atoms with van der Waals surface area (Å²) in [6.45, 7) is 3.46. The van der Waals surface area contributed by atoms with E-state index in [1.165, 1.54) is 26.4 Å². The lowest BCUT2D eigenvalue weighted by molar-refractivity contribution is 0.0910. The van der Waals surface area contributed by atoms with Gasteiger partial charge in [0.1, 0.15) is 0 Å². The van der Waals surface area contributed by atoms with E-state index in [2.05, 4.69) is 10.2 Å². The van der Waals surface area contributed by atoms with Crippen molar-refractivity contribution in [2.45, 2.75) is 44.6 Å². The number of likely N-dealkylation sites (tertiary alicyclic amines) is 1. The van der Waals surface area contributed by atoms with Crippen LogP contribution in [0.25, 0.3) is 0 Å². The lowest BCUT2D eigenvalue weighted by atomic mass is 9.83. The van der Waals surface area contributed by atoms with Crippen LogP contribution in [0.15, 0.2) is 0 Å². The van der Waals surface area contributed by atoms with Gasteiger partial charge in [-0.15, -0.1) is 0 Å². The van der Waals surface area contributed by atoms with E-state index < -0.39 is 0 Å². The van der Waals surface area contributed by atoms with Gasteiger partial charge in [-0.05, 0) is 43.9 Å². The molecule has 1 aliphatic carbocycles. The summed E-state index contributed by atoms with van der Waals surface area (Å²) >= 11 is 0. The first-order valence-corrected chi connectivity index (χ1v) is 7.89. The quantitative estimate of drug-likeness (QED) is 0.778. The zero-order valence-corrected chi connectivity index (χ0v) is 12.5. The van der Waals surface area contributed by atoms with E-state index in [1.54, 1.807) is 0 Å². The fourth-order valence-corrected chi connectivity index (χ4v) is 3.41. The van der Waals surface area contributed by atoms with Crippen LogP contribution in [0, 0.1) is 11.8 Å². The second kappa shape index (κ2) is 7.84. The normalized spacial score (nSPS) is 27.9. The van der Waals surface area contributed by atoms with E-state index in [-0.39, 0.29) is 18.7 Å². The number of aliphatic hydroxyl groups excluding tert-OH is 1. The molecule has 0 bridgehead atoms. The maximum atomic E-state index is 11.4. The van der Waals surface area contributed by atoms with Crippen molar-refractivity contribution < 1.29 is 14.6 Å². The molecule has 1 amide bonds. The number of piperidine rings is 1. The van der Waals surface area contributed by atoms with Gasteiger partial charge in [0, 0.05) is 32.3 Å². The Hall–Kier alpha value is -0.810. The number of rotatable bonds is 6. The Morgan fingerprint density at radius 1 is 1.35 bits per heavy atom. The van der Waals surface area contributed by atoms with Crippen molar-refractivity contribution in [3.05, 3.63) is 0 Å². The second-order valence-electron chi connectivity index (χ2n) is 6.32. The number of nitrogens with one attached hydrogen (secondary N) is 1. The van der Waals surface area contributed by atoms with E-state index in [4.69, 9.17) is 9.84 Å². The topological polar surface area (TPSA) is 61.8 Å². The summed E-state index contributed by atoms with van der Waals surface area (Å²) in [6.07, 6.45) is 6.64. The minimum Gasteiger partial charge on any atom is -0.453 e. The van der Waals surface area contributed by atoms with Gasteiger partial charge in [-0.2, -0.15) is 0 Å². The van der Waals surface area contributed by atoms with Crippen molar-refractivity contribution in [2.24, 2.45) is 11.8 Å². The minimum atomic E-state index is -0.332. The van der Waals surface area contributed by atoms with Gasteiger partial charge in [-0.3, -0.25) is 0 Å². The molecule has 5 nitrogen and oxygen atoms in total. The third-order valence-electron chi connectivity index (χ3n) is 4.63. The summed E-state index contributed by atoms with van der Waals surface area (Å²) in [5.41, 5.74) is 0. The first-order valence-electron chi connectivity index (χ1n) is 7.89. The van der Waals surface area contributed by atoms with E-state index in [0.29, 0.717) is 5.92 Å². The van der Waals surface area contributed by atoms with Gasteiger partial charge < -0.3 is 20.1 Å². The SMILES string of the molecule is COC(=O)NC1CC(CCCO)CN(CC2CCC2)C1. The Bertz CT molecular complexity index is 307. The van der Waals surface area contributed by atoms with E-state index in [0.717, 1.165) is 44.8 Å². The Balaban J connectivity index is 1.84. The largest absolute Gasteiger partial charge is 0.453 e. The standard InChI is InChI=1S/C15H28N2O3/c1-20-15(19)16-14-8-13(6-3-7-18)10-17(11-14)9-12-4-2-5-12/h12-14,18H,2-11H2,1H3,(H,16,19). The monoisotopic (exact) mass is 284 g/mol. The highest BCUT2D eigenvalue weighted by Gasteiger charge is 2.30. The van der Waals surface area contributed by atoms with Crippen molar-refractivity contribution >= 4 is 6.09 Å². The molecular formula is C15H28N2O3. The van der Waals surface area contributed by atoms with Gasteiger partial charge in [-0.25, -0.2) is 4.79 Å². The van der Waals surface area contributed by atoms with Crippen LogP contribution in [0.5, 0.6) is 0 Å². The summed E-state index contributed by atoms with van der Waals surface area (Å²) in [5.74, 6) is 1.42. The molecule has 20 heavy (non-hydrogen) atoms. The Kier molecular flexibility index (Phi) is 6.10. The molecule has 1 saturated carbocycles. The Labute approximate surface area is 121 Å². The molecule has 1 aliphatic heterocycles.